The highest BCUT2D eigenvalue weighted by Crippen LogP contribution is 2.36. The van der Waals surface area contributed by atoms with E-state index >= 15 is 0 Å². The zero-order valence-corrected chi connectivity index (χ0v) is 16.1. The molecule has 0 saturated carbocycles. The molecule has 25 heavy (non-hydrogen) atoms. The van der Waals surface area contributed by atoms with E-state index in [1.807, 2.05) is 49.4 Å². The van der Waals surface area contributed by atoms with Gasteiger partial charge in [-0.3, -0.25) is 0 Å². The molecule has 0 radical (unpaired) electrons. The lowest BCUT2D eigenvalue weighted by atomic mass is 10.0. The Bertz CT molecular complexity index is 691. The van der Waals surface area contributed by atoms with Crippen molar-refractivity contribution < 1.29 is 14.6 Å². The van der Waals surface area contributed by atoms with Crippen molar-refractivity contribution in [1.29, 1.82) is 0 Å². The van der Waals surface area contributed by atoms with Gasteiger partial charge in [-0.25, -0.2) is 0 Å². The van der Waals surface area contributed by atoms with Gasteiger partial charge < -0.3 is 19.9 Å². The minimum atomic E-state index is -0.568. The number of methoxy groups -OCH3 is 1. The van der Waals surface area contributed by atoms with Gasteiger partial charge in [-0.15, -0.1) is 0 Å². The molecular weight excluding hydrogens is 382 g/mol. The Morgan fingerprint density at radius 1 is 1.28 bits per heavy atom. The van der Waals surface area contributed by atoms with Crippen molar-refractivity contribution >= 4 is 15.9 Å². The maximum Gasteiger partial charge on any atom is 0.175 e. The molecular formula is C20H24BrNO3. The molecule has 0 spiro atoms. The number of hydrogen-bond donors (Lipinski definition) is 2. The summed E-state index contributed by atoms with van der Waals surface area (Å²) in [5.41, 5.74) is 1.93. The van der Waals surface area contributed by atoms with E-state index in [0.29, 0.717) is 24.7 Å². The second-order valence-electron chi connectivity index (χ2n) is 5.73. The van der Waals surface area contributed by atoms with E-state index in [0.717, 1.165) is 15.6 Å². The van der Waals surface area contributed by atoms with Gasteiger partial charge in [0.1, 0.15) is 6.61 Å². The first-order valence-corrected chi connectivity index (χ1v) is 8.92. The van der Waals surface area contributed by atoms with Crippen LogP contribution in [0.25, 0.3) is 0 Å². The van der Waals surface area contributed by atoms with Gasteiger partial charge in [-0.2, -0.15) is 0 Å². The molecule has 0 aliphatic heterocycles. The van der Waals surface area contributed by atoms with E-state index in [1.54, 1.807) is 13.2 Å². The fourth-order valence-corrected chi connectivity index (χ4v) is 3.09. The number of benzene rings is 2. The first-order valence-electron chi connectivity index (χ1n) is 8.13. The average molecular weight is 406 g/mol. The smallest absolute Gasteiger partial charge is 0.175 e. The van der Waals surface area contributed by atoms with Crippen molar-refractivity contribution in [2.45, 2.75) is 25.6 Å². The predicted molar refractivity (Wildman–Crippen MR) is 104 cm³/mol. The van der Waals surface area contributed by atoms with Crippen molar-refractivity contribution in [2.24, 2.45) is 0 Å². The molecule has 5 heteroatoms. The van der Waals surface area contributed by atoms with E-state index in [-0.39, 0.29) is 6.04 Å². The second kappa shape index (κ2) is 9.61. The summed E-state index contributed by atoms with van der Waals surface area (Å²) in [5, 5.41) is 13.8. The number of aliphatic hydroxyl groups excluding tert-OH is 1. The molecule has 2 aromatic rings. The summed E-state index contributed by atoms with van der Waals surface area (Å²) in [7, 11) is 1.61. The standard InChI is InChI=1S/C20H24BrNO3/c1-4-10-25-20-17(21)11-15(12-18(20)24-3)13-22-14(2)19(23)16-8-6-5-7-9-16/h4-9,11-12,14,19,22-23H,1,10,13H2,2-3H3/t14-,19-/m0/s1. The summed E-state index contributed by atoms with van der Waals surface area (Å²) < 4.78 is 11.9. The molecule has 2 rings (SSSR count). The SMILES string of the molecule is C=CCOc1c(Br)cc(CN[C@@H](C)[C@H](O)c2ccccc2)cc1OC. The number of hydrogen-bond acceptors (Lipinski definition) is 4. The highest BCUT2D eigenvalue weighted by molar-refractivity contribution is 9.10. The largest absolute Gasteiger partial charge is 0.493 e. The monoisotopic (exact) mass is 405 g/mol. The van der Waals surface area contributed by atoms with Crippen molar-refractivity contribution in [3.05, 3.63) is 70.7 Å². The number of halogens is 1. The fraction of sp³-hybridized carbons (Fsp3) is 0.300. The zero-order valence-electron chi connectivity index (χ0n) is 14.5. The van der Waals surface area contributed by atoms with Gasteiger partial charge in [0.15, 0.2) is 11.5 Å². The summed E-state index contributed by atoms with van der Waals surface area (Å²) in [5.74, 6) is 1.31. The van der Waals surface area contributed by atoms with Gasteiger partial charge in [0.25, 0.3) is 0 Å². The Balaban J connectivity index is 2.05. The Labute approximate surface area is 157 Å². The van der Waals surface area contributed by atoms with Gasteiger partial charge in [0.05, 0.1) is 17.7 Å². The molecule has 0 aliphatic rings. The van der Waals surface area contributed by atoms with E-state index < -0.39 is 6.10 Å². The third-order valence-electron chi connectivity index (χ3n) is 3.88. The summed E-state index contributed by atoms with van der Waals surface area (Å²) in [6.45, 7) is 6.63. The van der Waals surface area contributed by atoms with Gasteiger partial charge in [-0.1, -0.05) is 43.0 Å². The molecule has 134 valence electrons. The summed E-state index contributed by atoms with van der Waals surface area (Å²) in [4.78, 5) is 0. The number of ether oxygens (including phenoxy) is 2. The Morgan fingerprint density at radius 3 is 2.64 bits per heavy atom. The van der Waals surface area contributed by atoms with Crippen molar-refractivity contribution in [3.63, 3.8) is 0 Å². The lowest BCUT2D eigenvalue weighted by molar-refractivity contribution is 0.135. The van der Waals surface area contributed by atoms with Crippen LogP contribution in [-0.4, -0.2) is 24.9 Å². The van der Waals surface area contributed by atoms with Crippen LogP contribution in [0.2, 0.25) is 0 Å². The zero-order chi connectivity index (χ0) is 18.2. The second-order valence-corrected chi connectivity index (χ2v) is 6.59. The topological polar surface area (TPSA) is 50.7 Å². The number of nitrogens with one attached hydrogen (secondary N) is 1. The lowest BCUT2D eigenvalue weighted by Crippen LogP contribution is -2.31. The van der Waals surface area contributed by atoms with E-state index in [2.05, 4.69) is 27.8 Å². The third-order valence-corrected chi connectivity index (χ3v) is 4.47. The molecule has 0 saturated heterocycles. The summed E-state index contributed by atoms with van der Waals surface area (Å²) in [6, 6.07) is 13.5. The van der Waals surface area contributed by atoms with Crippen molar-refractivity contribution in [3.8, 4) is 11.5 Å². The Morgan fingerprint density at radius 2 is 2.00 bits per heavy atom. The van der Waals surface area contributed by atoms with Crippen molar-refractivity contribution in [1.82, 2.24) is 5.32 Å². The van der Waals surface area contributed by atoms with Gasteiger partial charge in [0.2, 0.25) is 0 Å². The van der Waals surface area contributed by atoms with Gasteiger partial charge in [0, 0.05) is 12.6 Å². The van der Waals surface area contributed by atoms with Crippen LogP contribution in [0, 0.1) is 0 Å². The van der Waals surface area contributed by atoms with Crippen LogP contribution in [0.5, 0.6) is 11.5 Å². The van der Waals surface area contributed by atoms with Crippen LogP contribution in [0.3, 0.4) is 0 Å². The molecule has 0 aromatic heterocycles. The molecule has 0 unspecified atom stereocenters. The number of aliphatic hydroxyl groups is 1. The van der Waals surface area contributed by atoms with Crippen molar-refractivity contribution in [2.75, 3.05) is 13.7 Å². The Kier molecular flexibility index (Phi) is 7.50. The molecule has 0 amide bonds. The van der Waals surface area contributed by atoms with Crippen LogP contribution < -0.4 is 14.8 Å². The predicted octanol–water partition coefficient (Wildman–Crippen LogP) is 4.23. The van der Waals surface area contributed by atoms with Gasteiger partial charge >= 0.3 is 0 Å². The van der Waals surface area contributed by atoms with E-state index in [9.17, 15) is 5.11 Å². The lowest BCUT2D eigenvalue weighted by Gasteiger charge is -2.21. The minimum Gasteiger partial charge on any atom is -0.493 e. The highest BCUT2D eigenvalue weighted by Gasteiger charge is 2.16. The maximum atomic E-state index is 10.4. The molecule has 0 bridgehead atoms. The van der Waals surface area contributed by atoms with Crippen LogP contribution >= 0.6 is 15.9 Å². The van der Waals surface area contributed by atoms with Crippen LogP contribution in [0.1, 0.15) is 24.2 Å². The molecule has 2 atom stereocenters. The summed E-state index contributed by atoms with van der Waals surface area (Å²) in [6.07, 6.45) is 1.12. The normalized spacial score (nSPS) is 13.1. The van der Waals surface area contributed by atoms with Gasteiger partial charge in [-0.05, 0) is 46.1 Å². The maximum absolute atomic E-state index is 10.4. The first-order chi connectivity index (χ1) is 12.1. The molecule has 4 nitrogen and oxygen atoms in total. The molecule has 0 fully saturated rings. The minimum absolute atomic E-state index is 0.0936. The van der Waals surface area contributed by atoms with Crippen LogP contribution in [-0.2, 0) is 6.54 Å². The van der Waals surface area contributed by atoms with E-state index in [1.165, 1.54) is 0 Å². The van der Waals surface area contributed by atoms with E-state index in [4.69, 9.17) is 9.47 Å². The molecule has 0 heterocycles. The Hall–Kier alpha value is -1.82. The van der Waals surface area contributed by atoms with Crippen LogP contribution in [0.15, 0.2) is 59.6 Å². The fourth-order valence-electron chi connectivity index (χ4n) is 2.49. The first kappa shape index (κ1) is 19.5. The molecule has 0 aliphatic carbocycles. The average Bonchev–Trinajstić information content (AvgIpc) is 2.64. The quantitative estimate of drug-likeness (QED) is 0.612. The summed E-state index contributed by atoms with van der Waals surface area (Å²) >= 11 is 3.53. The molecule has 2 N–H and O–H groups in total. The highest BCUT2D eigenvalue weighted by atomic mass is 79.9. The number of rotatable bonds is 9. The van der Waals surface area contributed by atoms with Crippen LogP contribution in [0.4, 0.5) is 0 Å². The molecule has 2 aromatic carbocycles. The third kappa shape index (κ3) is 5.33.